The molecule has 3 aromatic rings. The fourth-order valence-corrected chi connectivity index (χ4v) is 3.75. The fourth-order valence-electron chi connectivity index (χ4n) is 3.75. The second-order valence-corrected chi connectivity index (χ2v) is 6.56. The third-order valence-corrected chi connectivity index (χ3v) is 5.11. The summed E-state index contributed by atoms with van der Waals surface area (Å²) in [6.45, 7) is 4.16. The van der Waals surface area contributed by atoms with Crippen molar-refractivity contribution in [1.29, 1.82) is 0 Å². The maximum absolute atomic E-state index is 12.7. The van der Waals surface area contributed by atoms with E-state index in [2.05, 4.69) is 25.4 Å². The van der Waals surface area contributed by atoms with Gasteiger partial charge >= 0.3 is 0 Å². The van der Waals surface area contributed by atoms with Gasteiger partial charge in [-0.3, -0.25) is 9.36 Å². The third kappa shape index (κ3) is 1.99. The Kier molecular flexibility index (Phi) is 2.84. The van der Waals surface area contributed by atoms with Crippen molar-refractivity contribution < 1.29 is 4.52 Å². The molecule has 0 unspecified atom stereocenters. The Hall–Kier alpha value is -2.61. The molecule has 1 saturated carbocycles. The number of hydrogen-bond donors (Lipinski definition) is 1. The lowest BCUT2D eigenvalue weighted by Gasteiger charge is -2.04. The van der Waals surface area contributed by atoms with E-state index in [0.29, 0.717) is 34.7 Å². The summed E-state index contributed by atoms with van der Waals surface area (Å²) < 4.78 is 6.84. The van der Waals surface area contributed by atoms with E-state index >= 15 is 0 Å². The van der Waals surface area contributed by atoms with E-state index in [1.54, 1.807) is 12.3 Å². The molecule has 0 radical (unpaired) electrons. The molecule has 0 amide bonds. The summed E-state index contributed by atoms with van der Waals surface area (Å²) >= 11 is 0. The average Bonchev–Trinajstić information content (AvgIpc) is 2.95. The van der Waals surface area contributed by atoms with E-state index in [1.165, 1.54) is 10.9 Å². The Morgan fingerprint density at radius 3 is 3.00 bits per heavy atom. The van der Waals surface area contributed by atoms with Gasteiger partial charge in [-0.1, -0.05) is 5.16 Å². The smallest absolute Gasteiger partial charge is 0.263 e. The summed E-state index contributed by atoms with van der Waals surface area (Å²) in [5.74, 6) is 2.87. The largest absolute Gasteiger partial charge is 0.337 e. The van der Waals surface area contributed by atoms with Crippen molar-refractivity contribution in [3.05, 3.63) is 46.2 Å². The summed E-state index contributed by atoms with van der Waals surface area (Å²) in [4.78, 5) is 25.5. The lowest BCUT2D eigenvalue weighted by molar-refractivity contribution is 0.363. The zero-order valence-electron chi connectivity index (χ0n) is 13.1. The van der Waals surface area contributed by atoms with Crippen LogP contribution in [0.25, 0.3) is 11.0 Å². The summed E-state index contributed by atoms with van der Waals surface area (Å²) in [6.07, 6.45) is 3.14. The number of fused-ring (bicyclic) bond motifs is 2. The number of aromatic nitrogens is 5. The molecule has 1 saturated heterocycles. The van der Waals surface area contributed by atoms with Crippen LogP contribution in [-0.4, -0.2) is 37.8 Å². The van der Waals surface area contributed by atoms with Crippen LogP contribution in [0.4, 0.5) is 0 Å². The maximum Gasteiger partial charge on any atom is 0.263 e. The van der Waals surface area contributed by atoms with Crippen LogP contribution in [0.5, 0.6) is 0 Å². The van der Waals surface area contributed by atoms with E-state index in [1.807, 2.05) is 6.92 Å². The van der Waals surface area contributed by atoms with Gasteiger partial charge in [0.2, 0.25) is 5.89 Å². The number of nitrogens with zero attached hydrogens (tertiary/aromatic N) is 5. The van der Waals surface area contributed by atoms with Gasteiger partial charge in [0.15, 0.2) is 11.5 Å². The van der Waals surface area contributed by atoms with Gasteiger partial charge in [0, 0.05) is 12.1 Å². The minimum atomic E-state index is -0.141. The van der Waals surface area contributed by atoms with Gasteiger partial charge in [-0.05, 0) is 43.5 Å². The Balaban J connectivity index is 1.45. The first-order chi connectivity index (χ1) is 11.7. The van der Waals surface area contributed by atoms with Crippen LogP contribution in [0, 0.1) is 18.8 Å². The molecule has 0 aromatic carbocycles. The van der Waals surface area contributed by atoms with Crippen molar-refractivity contribution in [2.45, 2.75) is 19.4 Å². The van der Waals surface area contributed by atoms with Gasteiger partial charge in [0.25, 0.3) is 5.56 Å². The highest BCUT2D eigenvalue weighted by Crippen LogP contribution is 2.54. The van der Waals surface area contributed by atoms with Crippen molar-refractivity contribution >= 4 is 11.0 Å². The van der Waals surface area contributed by atoms with E-state index in [0.717, 1.165) is 24.5 Å². The molecule has 1 N–H and O–H groups in total. The summed E-state index contributed by atoms with van der Waals surface area (Å²) in [6, 6.07) is 1.81. The first-order valence-electron chi connectivity index (χ1n) is 8.06. The van der Waals surface area contributed by atoms with Crippen LogP contribution >= 0.6 is 0 Å². The summed E-state index contributed by atoms with van der Waals surface area (Å²) in [5.41, 5.74) is 1.18. The fraction of sp³-hybridized carbons (Fsp3) is 0.438. The highest BCUT2D eigenvalue weighted by Gasteiger charge is 2.55. The van der Waals surface area contributed by atoms with Crippen LogP contribution in [0.15, 0.2) is 27.9 Å². The van der Waals surface area contributed by atoms with Gasteiger partial charge in [0.05, 0.1) is 5.39 Å². The molecule has 24 heavy (non-hydrogen) atoms. The molecule has 5 rings (SSSR count). The molecule has 1 aliphatic carbocycles. The number of nitrogens with one attached hydrogen (secondary N) is 1. The minimum Gasteiger partial charge on any atom is -0.337 e. The number of hydrogen-bond acceptors (Lipinski definition) is 7. The lowest BCUT2D eigenvalue weighted by atomic mass is 10.2. The monoisotopic (exact) mass is 324 g/mol. The molecule has 2 fully saturated rings. The SMILES string of the molecule is Cc1ccnc2ncn(Cc3nc([C@@H]4[C@@H]5CNC[C@@H]54)no3)c(=O)c12. The zero-order valence-corrected chi connectivity index (χ0v) is 13.1. The Morgan fingerprint density at radius 2 is 2.17 bits per heavy atom. The summed E-state index contributed by atoms with van der Waals surface area (Å²) in [7, 11) is 0. The first-order valence-corrected chi connectivity index (χ1v) is 8.06. The zero-order chi connectivity index (χ0) is 16.3. The van der Waals surface area contributed by atoms with Crippen molar-refractivity contribution in [2.75, 3.05) is 13.1 Å². The van der Waals surface area contributed by atoms with E-state index in [9.17, 15) is 4.79 Å². The van der Waals surface area contributed by atoms with E-state index in [-0.39, 0.29) is 12.1 Å². The molecule has 2 aliphatic rings. The normalized spacial score (nSPS) is 25.1. The highest BCUT2D eigenvalue weighted by atomic mass is 16.5. The molecule has 122 valence electrons. The Bertz CT molecular complexity index is 984. The molecule has 8 heteroatoms. The van der Waals surface area contributed by atoms with E-state index in [4.69, 9.17) is 4.52 Å². The first kappa shape index (κ1) is 13.8. The van der Waals surface area contributed by atoms with Crippen LogP contribution < -0.4 is 10.9 Å². The van der Waals surface area contributed by atoms with Gasteiger partial charge in [0.1, 0.15) is 12.9 Å². The van der Waals surface area contributed by atoms with Crippen molar-refractivity contribution in [3.63, 3.8) is 0 Å². The molecule has 3 atom stereocenters. The molecule has 1 aliphatic heterocycles. The van der Waals surface area contributed by atoms with Crippen molar-refractivity contribution in [2.24, 2.45) is 11.8 Å². The number of pyridine rings is 1. The third-order valence-electron chi connectivity index (χ3n) is 5.11. The van der Waals surface area contributed by atoms with Gasteiger partial charge in [-0.15, -0.1) is 0 Å². The molecular weight excluding hydrogens is 308 g/mol. The number of aryl methyl sites for hydroxylation is 1. The second kappa shape index (κ2) is 4.94. The van der Waals surface area contributed by atoms with E-state index < -0.39 is 0 Å². The topological polar surface area (TPSA) is 98.7 Å². The second-order valence-electron chi connectivity index (χ2n) is 6.56. The maximum atomic E-state index is 12.7. The predicted molar refractivity (Wildman–Crippen MR) is 84.5 cm³/mol. The Labute approximate surface area is 136 Å². The molecule has 4 heterocycles. The number of piperidine rings is 1. The van der Waals surface area contributed by atoms with Crippen molar-refractivity contribution in [3.8, 4) is 0 Å². The quantitative estimate of drug-likeness (QED) is 0.747. The molecular formula is C16H16N6O2. The van der Waals surface area contributed by atoms with Crippen LogP contribution in [0.3, 0.4) is 0 Å². The van der Waals surface area contributed by atoms with Gasteiger partial charge < -0.3 is 9.84 Å². The molecule has 3 aromatic heterocycles. The predicted octanol–water partition coefficient (Wildman–Crippen LogP) is 0.464. The van der Waals surface area contributed by atoms with Crippen LogP contribution in [0.1, 0.15) is 23.2 Å². The average molecular weight is 324 g/mol. The van der Waals surface area contributed by atoms with Gasteiger partial charge in [-0.2, -0.15) is 4.98 Å². The molecule has 0 spiro atoms. The van der Waals surface area contributed by atoms with Crippen LogP contribution in [-0.2, 0) is 6.54 Å². The number of rotatable bonds is 3. The molecule has 8 nitrogen and oxygen atoms in total. The lowest BCUT2D eigenvalue weighted by Crippen LogP contribution is -2.22. The van der Waals surface area contributed by atoms with Crippen LogP contribution in [0.2, 0.25) is 0 Å². The Morgan fingerprint density at radius 1 is 1.33 bits per heavy atom. The summed E-state index contributed by atoms with van der Waals surface area (Å²) in [5, 5.41) is 7.99. The van der Waals surface area contributed by atoms with Crippen molar-refractivity contribution in [1.82, 2.24) is 30.0 Å². The van der Waals surface area contributed by atoms with Gasteiger partial charge in [-0.25, -0.2) is 9.97 Å². The highest BCUT2D eigenvalue weighted by molar-refractivity contribution is 5.76. The minimum absolute atomic E-state index is 0.141. The standard InChI is InChI=1S/C16H16N6O2/c1-8-2-3-18-14-12(8)16(23)22(7-19-14)6-11-20-15(21-24-11)13-9-4-17-5-10(9)13/h2-3,7,9-10,13,17H,4-6H2,1H3/t9-,10+,13-. The molecule has 0 bridgehead atoms.